The third-order valence-electron chi connectivity index (χ3n) is 5.67. The van der Waals surface area contributed by atoms with E-state index in [1.165, 1.54) is 4.90 Å². The maximum Gasteiger partial charge on any atom is 0.409 e. The molecule has 0 heterocycles. The highest BCUT2D eigenvalue weighted by Crippen LogP contribution is 2.44. The highest BCUT2D eigenvalue weighted by atomic mass is 16.6. The van der Waals surface area contributed by atoms with Crippen molar-refractivity contribution in [1.82, 2.24) is 10.2 Å². The molecule has 1 atom stereocenters. The van der Waals surface area contributed by atoms with Crippen LogP contribution < -0.4 is 5.32 Å². The molecule has 0 fully saturated rings. The highest BCUT2D eigenvalue weighted by molar-refractivity contribution is 5.79. The lowest BCUT2D eigenvalue weighted by Gasteiger charge is -2.27. The van der Waals surface area contributed by atoms with Gasteiger partial charge in [0.1, 0.15) is 12.2 Å². The van der Waals surface area contributed by atoms with E-state index < -0.39 is 29.8 Å². The second-order valence-electron chi connectivity index (χ2n) is 9.79. The number of nitrogens with zero attached hydrogens (tertiary/aromatic N) is 1. The first-order valence-corrected chi connectivity index (χ1v) is 11.9. The molecule has 8 heteroatoms. The number of hydrogen-bond acceptors (Lipinski definition) is 5. The van der Waals surface area contributed by atoms with Gasteiger partial charge in [0.15, 0.2) is 0 Å². The monoisotopic (exact) mass is 482 g/mol. The van der Waals surface area contributed by atoms with Gasteiger partial charge in [-0.15, -0.1) is 0 Å². The fraction of sp³-hybridized carbons (Fsp3) is 0.444. The zero-order valence-electron chi connectivity index (χ0n) is 20.7. The first-order chi connectivity index (χ1) is 16.5. The number of carboxylic acid groups (broad SMARTS) is 1. The second-order valence-corrected chi connectivity index (χ2v) is 9.79. The van der Waals surface area contributed by atoms with Gasteiger partial charge < -0.3 is 24.8 Å². The third-order valence-corrected chi connectivity index (χ3v) is 5.67. The molecule has 188 valence electrons. The topological polar surface area (TPSA) is 105 Å². The third kappa shape index (κ3) is 7.21. The van der Waals surface area contributed by atoms with Gasteiger partial charge in [-0.2, -0.15) is 0 Å². The van der Waals surface area contributed by atoms with Crippen LogP contribution in [0.1, 0.15) is 57.6 Å². The zero-order valence-corrected chi connectivity index (χ0v) is 20.7. The van der Waals surface area contributed by atoms with E-state index in [4.69, 9.17) is 14.6 Å². The average molecular weight is 483 g/mol. The Labute approximate surface area is 206 Å². The number of nitrogens with one attached hydrogen (secondary N) is 1. The lowest BCUT2D eigenvalue weighted by molar-refractivity contribution is -0.137. The van der Waals surface area contributed by atoms with Gasteiger partial charge in [0.2, 0.25) is 0 Å². The summed E-state index contributed by atoms with van der Waals surface area (Å²) in [5.74, 6) is -1.01. The van der Waals surface area contributed by atoms with Crippen molar-refractivity contribution in [3.8, 4) is 11.1 Å². The highest BCUT2D eigenvalue weighted by Gasteiger charge is 2.30. The molecule has 0 spiro atoms. The molecule has 0 radical (unpaired) electrons. The van der Waals surface area contributed by atoms with E-state index >= 15 is 0 Å². The molecule has 1 aliphatic rings. The molecule has 0 bridgehead atoms. The number of hydrogen-bond donors (Lipinski definition) is 2. The SMILES string of the molecule is C[C@@H](CN(CCCC(=O)O)C(=O)OCC1c2ccccc2-c2ccccc21)NC(=O)OC(C)(C)C. The summed E-state index contributed by atoms with van der Waals surface area (Å²) in [5.41, 5.74) is 3.85. The Kier molecular flexibility index (Phi) is 8.38. The van der Waals surface area contributed by atoms with Gasteiger partial charge in [-0.25, -0.2) is 9.59 Å². The van der Waals surface area contributed by atoms with Crippen molar-refractivity contribution in [2.75, 3.05) is 19.7 Å². The first kappa shape index (κ1) is 26.1. The number of carbonyl (C=O) groups is 3. The molecule has 0 saturated carbocycles. The second kappa shape index (κ2) is 11.3. The number of ether oxygens (including phenoxy) is 2. The van der Waals surface area contributed by atoms with E-state index in [1.54, 1.807) is 27.7 Å². The zero-order chi connectivity index (χ0) is 25.6. The quantitative estimate of drug-likeness (QED) is 0.520. The first-order valence-electron chi connectivity index (χ1n) is 11.9. The van der Waals surface area contributed by atoms with Crippen LogP contribution in [0.15, 0.2) is 48.5 Å². The van der Waals surface area contributed by atoms with Crippen LogP contribution in [0.25, 0.3) is 11.1 Å². The number of fused-ring (bicyclic) bond motifs is 3. The molecular weight excluding hydrogens is 448 g/mol. The molecular formula is C27H34N2O6. The van der Waals surface area contributed by atoms with Crippen LogP contribution in [0, 0.1) is 0 Å². The number of rotatable bonds is 9. The van der Waals surface area contributed by atoms with Crippen molar-refractivity contribution in [2.45, 2.75) is 58.1 Å². The number of aliphatic carboxylic acids is 1. The summed E-state index contributed by atoms with van der Waals surface area (Å²) in [4.78, 5) is 37.6. The molecule has 0 aliphatic heterocycles. The van der Waals surface area contributed by atoms with E-state index in [1.807, 2.05) is 36.4 Å². The lowest BCUT2D eigenvalue weighted by Crippen LogP contribution is -2.46. The van der Waals surface area contributed by atoms with Gasteiger partial charge in [-0.3, -0.25) is 4.79 Å². The van der Waals surface area contributed by atoms with Crippen molar-refractivity contribution in [3.63, 3.8) is 0 Å². The van der Waals surface area contributed by atoms with Crippen molar-refractivity contribution in [2.24, 2.45) is 0 Å². The molecule has 1 aliphatic carbocycles. The number of carbonyl (C=O) groups excluding carboxylic acids is 2. The van der Waals surface area contributed by atoms with Crippen LogP contribution in [0.5, 0.6) is 0 Å². The summed E-state index contributed by atoms with van der Waals surface area (Å²) < 4.78 is 11.0. The van der Waals surface area contributed by atoms with E-state index in [2.05, 4.69) is 17.4 Å². The smallest absolute Gasteiger partial charge is 0.409 e. The van der Waals surface area contributed by atoms with Crippen LogP contribution in [-0.2, 0) is 14.3 Å². The minimum Gasteiger partial charge on any atom is -0.481 e. The summed E-state index contributed by atoms with van der Waals surface area (Å²) >= 11 is 0. The molecule has 2 amide bonds. The van der Waals surface area contributed by atoms with Gasteiger partial charge >= 0.3 is 18.2 Å². The summed E-state index contributed by atoms with van der Waals surface area (Å²) in [5, 5.41) is 11.7. The van der Waals surface area contributed by atoms with E-state index in [0.717, 1.165) is 22.3 Å². The van der Waals surface area contributed by atoms with Gasteiger partial charge in [-0.05, 0) is 56.4 Å². The Bertz CT molecular complexity index is 1020. The average Bonchev–Trinajstić information content (AvgIpc) is 3.09. The van der Waals surface area contributed by atoms with Crippen molar-refractivity contribution >= 4 is 18.2 Å². The Morgan fingerprint density at radius 2 is 1.60 bits per heavy atom. The Balaban J connectivity index is 1.66. The maximum atomic E-state index is 13.1. The fourth-order valence-electron chi connectivity index (χ4n) is 4.25. The summed E-state index contributed by atoms with van der Waals surface area (Å²) in [6.07, 6.45) is -0.919. The van der Waals surface area contributed by atoms with Crippen LogP contribution in [0.3, 0.4) is 0 Å². The summed E-state index contributed by atoms with van der Waals surface area (Å²) in [7, 11) is 0. The lowest BCUT2D eigenvalue weighted by atomic mass is 9.98. The van der Waals surface area contributed by atoms with Gasteiger partial charge in [0, 0.05) is 31.5 Å². The predicted octanol–water partition coefficient (Wildman–Crippen LogP) is 5.02. The molecule has 2 aromatic carbocycles. The van der Waals surface area contributed by atoms with Crippen LogP contribution in [-0.4, -0.2) is 59.5 Å². The molecule has 35 heavy (non-hydrogen) atoms. The Hall–Kier alpha value is -3.55. The number of benzene rings is 2. The maximum absolute atomic E-state index is 13.1. The normalized spacial score (nSPS) is 13.4. The molecule has 2 N–H and O–H groups in total. The standard InChI is InChI=1S/C27H34N2O6/c1-18(28-25(32)35-27(2,3)4)16-29(15-9-14-24(30)31)26(33)34-17-23-21-12-7-5-10-19(21)20-11-6-8-13-22(20)23/h5-8,10-13,18,23H,9,14-17H2,1-4H3,(H,28,32)(H,30,31)/t18-/m0/s1. The van der Waals surface area contributed by atoms with Gasteiger partial charge in [0.25, 0.3) is 0 Å². The molecule has 0 saturated heterocycles. The number of alkyl carbamates (subject to hydrolysis) is 1. The van der Waals surface area contributed by atoms with Gasteiger partial charge in [-0.1, -0.05) is 48.5 Å². The van der Waals surface area contributed by atoms with Crippen molar-refractivity contribution < 1.29 is 29.0 Å². The Morgan fingerprint density at radius 3 is 2.14 bits per heavy atom. The van der Waals surface area contributed by atoms with Gasteiger partial charge in [0.05, 0.1) is 0 Å². The molecule has 8 nitrogen and oxygen atoms in total. The van der Waals surface area contributed by atoms with Crippen LogP contribution in [0.2, 0.25) is 0 Å². The predicted molar refractivity (Wildman–Crippen MR) is 132 cm³/mol. The van der Waals surface area contributed by atoms with E-state index in [9.17, 15) is 14.4 Å². The van der Waals surface area contributed by atoms with Crippen molar-refractivity contribution in [3.05, 3.63) is 59.7 Å². The van der Waals surface area contributed by atoms with Crippen LogP contribution >= 0.6 is 0 Å². The number of carboxylic acids is 1. The van der Waals surface area contributed by atoms with E-state index in [0.29, 0.717) is 0 Å². The van der Waals surface area contributed by atoms with Crippen LogP contribution in [0.4, 0.5) is 9.59 Å². The minimum absolute atomic E-state index is 0.0684. The minimum atomic E-state index is -0.933. The van der Waals surface area contributed by atoms with Crippen molar-refractivity contribution in [1.29, 1.82) is 0 Å². The van der Waals surface area contributed by atoms with E-state index in [-0.39, 0.29) is 38.5 Å². The molecule has 0 aromatic heterocycles. The largest absolute Gasteiger partial charge is 0.481 e. The summed E-state index contributed by atoms with van der Waals surface area (Å²) in [6.45, 7) is 7.59. The number of amides is 2. The molecule has 3 rings (SSSR count). The molecule has 0 unspecified atom stereocenters. The fourth-order valence-corrected chi connectivity index (χ4v) is 4.25. The Morgan fingerprint density at radius 1 is 1.03 bits per heavy atom. The molecule has 2 aromatic rings. The summed E-state index contributed by atoms with van der Waals surface area (Å²) in [6, 6.07) is 15.7.